The first-order valence-corrected chi connectivity index (χ1v) is 5.08. The van der Waals surface area contributed by atoms with Crippen LogP contribution in [0.5, 0.6) is 0 Å². The highest BCUT2D eigenvalue weighted by Gasteiger charge is 2.12. The number of methoxy groups -OCH3 is 1. The van der Waals surface area contributed by atoms with E-state index in [0.717, 1.165) is 5.56 Å². The summed E-state index contributed by atoms with van der Waals surface area (Å²) in [6.07, 6.45) is 0.405. The average Bonchev–Trinajstić information content (AvgIpc) is 2.30. The van der Waals surface area contributed by atoms with Gasteiger partial charge in [0.05, 0.1) is 12.7 Å². The van der Waals surface area contributed by atoms with Crippen LogP contribution in [0.3, 0.4) is 0 Å². The van der Waals surface area contributed by atoms with Gasteiger partial charge in [-0.3, -0.25) is 4.79 Å². The molecule has 4 nitrogen and oxygen atoms in total. The zero-order valence-corrected chi connectivity index (χ0v) is 9.66. The van der Waals surface area contributed by atoms with Crippen molar-refractivity contribution in [3.05, 3.63) is 29.3 Å². The summed E-state index contributed by atoms with van der Waals surface area (Å²) < 4.78 is 4.65. The average molecular weight is 221 g/mol. The summed E-state index contributed by atoms with van der Waals surface area (Å²) in [6, 6.07) is 5.14. The first-order chi connectivity index (χ1) is 7.60. The fourth-order valence-electron chi connectivity index (χ4n) is 1.34. The third-order valence-electron chi connectivity index (χ3n) is 2.33. The van der Waals surface area contributed by atoms with E-state index in [1.807, 2.05) is 0 Å². The van der Waals surface area contributed by atoms with Crippen molar-refractivity contribution >= 4 is 17.6 Å². The number of carbonyl (C=O) groups is 2. The van der Waals surface area contributed by atoms with Crippen LogP contribution >= 0.6 is 0 Å². The highest BCUT2D eigenvalue weighted by molar-refractivity contribution is 5.96. The molecule has 0 bridgehead atoms. The van der Waals surface area contributed by atoms with Gasteiger partial charge in [0.25, 0.3) is 0 Å². The molecule has 1 aromatic rings. The van der Waals surface area contributed by atoms with E-state index in [0.29, 0.717) is 17.7 Å². The van der Waals surface area contributed by atoms with Gasteiger partial charge in [0.2, 0.25) is 5.91 Å². The van der Waals surface area contributed by atoms with Crippen molar-refractivity contribution in [1.82, 2.24) is 0 Å². The molecule has 0 aliphatic heterocycles. The second-order valence-corrected chi connectivity index (χ2v) is 3.37. The zero-order chi connectivity index (χ0) is 12.1. The fraction of sp³-hybridized carbons (Fsp3) is 0.333. The Morgan fingerprint density at radius 2 is 2.06 bits per heavy atom. The maximum absolute atomic E-state index is 11.4. The molecule has 1 aromatic carbocycles. The summed E-state index contributed by atoms with van der Waals surface area (Å²) in [4.78, 5) is 22.7. The quantitative estimate of drug-likeness (QED) is 0.795. The van der Waals surface area contributed by atoms with E-state index >= 15 is 0 Å². The Kier molecular flexibility index (Phi) is 4.05. The topological polar surface area (TPSA) is 55.4 Å². The van der Waals surface area contributed by atoms with Crippen LogP contribution in [-0.2, 0) is 9.53 Å². The van der Waals surface area contributed by atoms with E-state index < -0.39 is 5.97 Å². The van der Waals surface area contributed by atoms with E-state index in [1.54, 1.807) is 32.0 Å². The third kappa shape index (κ3) is 2.59. The number of hydrogen-bond donors (Lipinski definition) is 1. The van der Waals surface area contributed by atoms with Crippen molar-refractivity contribution < 1.29 is 14.3 Å². The summed E-state index contributed by atoms with van der Waals surface area (Å²) in [7, 11) is 1.33. The normalized spacial score (nSPS) is 9.69. The fourth-order valence-corrected chi connectivity index (χ4v) is 1.34. The van der Waals surface area contributed by atoms with Gasteiger partial charge >= 0.3 is 5.97 Å². The van der Waals surface area contributed by atoms with E-state index in [-0.39, 0.29) is 5.91 Å². The van der Waals surface area contributed by atoms with Crippen LogP contribution < -0.4 is 5.32 Å². The van der Waals surface area contributed by atoms with Crippen molar-refractivity contribution in [3.63, 3.8) is 0 Å². The van der Waals surface area contributed by atoms with Crippen LogP contribution in [-0.4, -0.2) is 19.0 Å². The number of nitrogens with one attached hydrogen (secondary N) is 1. The maximum atomic E-state index is 11.4. The number of esters is 1. The highest BCUT2D eigenvalue weighted by atomic mass is 16.5. The lowest BCUT2D eigenvalue weighted by Crippen LogP contribution is -2.12. The Morgan fingerprint density at radius 1 is 1.38 bits per heavy atom. The molecular formula is C12H15NO3. The van der Waals surface area contributed by atoms with E-state index in [9.17, 15) is 9.59 Å². The Morgan fingerprint density at radius 3 is 2.62 bits per heavy atom. The zero-order valence-electron chi connectivity index (χ0n) is 9.66. The Bertz CT molecular complexity index is 413. The lowest BCUT2D eigenvalue weighted by atomic mass is 10.1. The molecule has 0 saturated carbocycles. The van der Waals surface area contributed by atoms with Gasteiger partial charge in [0.15, 0.2) is 0 Å². The van der Waals surface area contributed by atoms with Gasteiger partial charge in [0.1, 0.15) is 0 Å². The number of carbonyl (C=O) groups excluding carboxylic acids is 2. The van der Waals surface area contributed by atoms with Gasteiger partial charge in [-0.1, -0.05) is 13.0 Å². The molecule has 0 aromatic heterocycles. The minimum Gasteiger partial charge on any atom is -0.465 e. The molecule has 1 amide bonds. The Hall–Kier alpha value is -1.84. The molecule has 1 rings (SSSR count). The highest BCUT2D eigenvalue weighted by Crippen LogP contribution is 2.19. The molecule has 0 radical (unpaired) electrons. The van der Waals surface area contributed by atoms with Crippen LogP contribution in [0.4, 0.5) is 5.69 Å². The van der Waals surface area contributed by atoms with Crippen LogP contribution in [0.1, 0.15) is 29.3 Å². The van der Waals surface area contributed by atoms with Gasteiger partial charge in [0, 0.05) is 12.1 Å². The molecule has 0 aliphatic rings. The molecule has 0 atom stereocenters. The smallest absolute Gasteiger partial charge is 0.338 e. The molecule has 0 fully saturated rings. The standard InChI is InChI=1S/C12H15NO3/c1-4-11(14)13-10-7-5-6-9(8(10)2)12(15)16-3/h5-7H,4H2,1-3H3,(H,13,14). The molecule has 0 saturated heterocycles. The lowest BCUT2D eigenvalue weighted by molar-refractivity contribution is -0.115. The third-order valence-corrected chi connectivity index (χ3v) is 2.33. The number of amides is 1. The maximum Gasteiger partial charge on any atom is 0.338 e. The number of benzene rings is 1. The van der Waals surface area contributed by atoms with Gasteiger partial charge in [-0.05, 0) is 24.6 Å². The second-order valence-electron chi connectivity index (χ2n) is 3.37. The lowest BCUT2D eigenvalue weighted by Gasteiger charge is -2.10. The first-order valence-electron chi connectivity index (χ1n) is 5.08. The van der Waals surface area contributed by atoms with Crippen molar-refractivity contribution in [3.8, 4) is 0 Å². The predicted molar refractivity (Wildman–Crippen MR) is 61.4 cm³/mol. The second kappa shape index (κ2) is 5.30. The largest absolute Gasteiger partial charge is 0.465 e. The van der Waals surface area contributed by atoms with Gasteiger partial charge in [-0.25, -0.2) is 4.79 Å². The van der Waals surface area contributed by atoms with Crippen molar-refractivity contribution in [2.45, 2.75) is 20.3 Å². The van der Waals surface area contributed by atoms with Crippen LogP contribution in [0, 0.1) is 6.92 Å². The van der Waals surface area contributed by atoms with Crippen molar-refractivity contribution in [2.75, 3.05) is 12.4 Å². The summed E-state index contributed by atoms with van der Waals surface area (Å²) >= 11 is 0. The molecule has 1 N–H and O–H groups in total. The van der Waals surface area contributed by atoms with Gasteiger partial charge < -0.3 is 10.1 Å². The van der Waals surface area contributed by atoms with E-state index in [4.69, 9.17) is 0 Å². The summed E-state index contributed by atoms with van der Waals surface area (Å²) in [6.45, 7) is 3.55. The molecule has 0 aliphatic carbocycles. The Balaban J connectivity index is 3.04. The molecule has 16 heavy (non-hydrogen) atoms. The number of anilines is 1. The predicted octanol–water partition coefficient (Wildman–Crippen LogP) is 2.13. The van der Waals surface area contributed by atoms with Gasteiger partial charge in [-0.2, -0.15) is 0 Å². The van der Waals surface area contributed by atoms with Crippen LogP contribution in [0.15, 0.2) is 18.2 Å². The van der Waals surface area contributed by atoms with E-state index in [2.05, 4.69) is 10.1 Å². The molecule has 86 valence electrons. The van der Waals surface area contributed by atoms with Gasteiger partial charge in [-0.15, -0.1) is 0 Å². The monoisotopic (exact) mass is 221 g/mol. The Labute approximate surface area is 94.6 Å². The first kappa shape index (κ1) is 12.2. The summed E-state index contributed by atoms with van der Waals surface area (Å²) in [5.41, 5.74) is 1.84. The number of rotatable bonds is 3. The molecular weight excluding hydrogens is 206 g/mol. The van der Waals surface area contributed by atoms with Crippen molar-refractivity contribution in [1.29, 1.82) is 0 Å². The SMILES string of the molecule is CCC(=O)Nc1cccc(C(=O)OC)c1C. The number of ether oxygens (including phenoxy) is 1. The molecule has 0 heterocycles. The molecule has 4 heteroatoms. The summed E-state index contributed by atoms with van der Waals surface area (Å²) in [5.74, 6) is -0.477. The van der Waals surface area contributed by atoms with Crippen molar-refractivity contribution in [2.24, 2.45) is 0 Å². The number of hydrogen-bond acceptors (Lipinski definition) is 3. The van der Waals surface area contributed by atoms with E-state index in [1.165, 1.54) is 7.11 Å². The summed E-state index contributed by atoms with van der Waals surface area (Å²) in [5, 5.41) is 2.73. The minimum atomic E-state index is -0.398. The molecule has 0 unspecified atom stereocenters. The van der Waals surface area contributed by atoms with Crippen LogP contribution in [0.25, 0.3) is 0 Å². The minimum absolute atomic E-state index is 0.0786. The molecule has 0 spiro atoms. The van der Waals surface area contributed by atoms with Crippen LogP contribution in [0.2, 0.25) is 0 Å².